The lowest BCUT2D eigenvalue weighted by atomic mass is 9.76. The third-order valence-corrected chi connectivity index (χ3v) is 2.71. The van der Waals surface area contributed by atoms with Crippen LogP contribution in [0, 0.1) is 23.0 Å². The molecule has 1 aromatic carbocycles. The van der Waals surface area contributed by atoms with Gasteiger partial charge in [-0.2, -0.15) is 5.26 Å². The van der Waals surface area contributed by atoms with Crippen LogP contribution in [0.3, 0.4) is 0 Å². The Hall–Kier alpha value is -1.47. The Labute approximate surface area is 86.1 Å². The van der Waals surface area contributed by atoms with Gasteiger partial charge in [0.1, 0.15) is 0 Å². The first-order chi connectivity index (χ1) is 7.18. The number of ether oxygens (including phenoxy) is 1. The smallest absolute Gasteiger partial charge is 0.159 e. The van der Waals surface area contributed by atoms with Gasteiger partial charge >= 0.3 is 0 Å². The highest BCUT2D eigenvalue weighted by atomic mass is 19.2. The van der Waals surface area contributed by atoms with Crippen LogP contribution in [0.5, 0.6) is 0 Å². The third-order valence-electron chi connectivity index (χ3n) is 2.71. The van der Waals surface area contributed by atoms with Gasteiger partial charge in [-0.15, -0.1) is 0 Å². The number of benzene rings is 1. The lowest BCUT2D eigenvalue weighted by molar-refractivity contribution is -0.0578. The predicted octanol–water partition coefficient (Wildman–Crippen LogP) is 2.15. The van der Waals surface area contributed by atoms with E-state index in [0.717, 1.165) is 12.1 Å². The Morgan fingerprint density at radius 1 is 1.33 bits per heavy atom. The molecule has 2 rings (SSSR count). The second kappa shape index (κ2) is 3.59. The van der Waals surface area contributed by atoms with Crippen molar-refractivity contribution in [1.29, 1.82) is 5.26 Å². The zero-order valence-electron chi connectivity index (χ0n) is 7.96. The monoisotopic (exact) mass is 209 g/mol. The summed E-state index contributed by atoms with van der Waals surface area (Å²) in [5, 5.41) is 8.68. The van der Waals surface area contributed by atoms with Crippen molar-refractivity contribution in [3.8, 4) is 6.07 Å². The highest BCUT2D eigenvalue weighted by Crippen LogP contribution is 2.35. The van der Waals surface area contributed by atoms with Crippen molar-refractivity contribution in [3.05, 3.63) is 35.4 Å². The molecular weight excluding hydrogens is 200 g/mol. The molecule has 0 amide bonds. The molecule has 0 saturated carbocycles. The van der Waals surface area contributed by atoms with Crippen LogP contribution in [-0.4, -0.2) is 13.2 Å². The average molecular weight is 209 g/mol. The molecular formula is C11H9F2NO. The molecule has 1 heterocycles. The van der Waals surface area contributed by atoms with Crippen LogP contribution in [-0.2, 0) is 10.2 Å². The lowest BCUT2D eigenvalue weighted by Crippen LogP contribution is -2.46. The van der Waals surface area contributed by atoms with Gasteiger partial charge in [0.2, 0.25) is 0 Å². The van der Waals surface area contributed by atoms with Crippen LogP contribution < -0.4 is 0 Å². The van der Waals surface area contributed by atoms with Crippen molar-refractivity contribution in [3.63, 3.8) is 0 Å². The van der Waals surface area contributed by atoms with E-state index in [1.165, 1.54) is 6.07 Å². The maximum Gasteiger partial charge on any atom is 0.159 e. The van der Waals surface area contributed by atoms with E-state index in [-0.39, 0.29) is 6.42 Å². The van der Waals surface area contributed by atoms with Gasteiger partial charge in [0.15, 0.2) is 11.6 Å². The number of rotatable bonds is 2. The second-order valence-electron chi connectivity index (χ2n) is 3.74. The Morgan fingerprint density at radius 3 is 2.53 bits per heavy atom. The van der Waals surface area contributed by atoms with Gasteiger partial charge in [-0.25, -0.2) is 8.78 Å². The standard InChI is InChI=1S/C11H9F2NO/c12-9-2-1-8(5-10(9)13)11(3-4-14)6-15-7-11/h1-2,5H,3,6-7H2. The van der Waals surface area contributed by atoms with E-state index in [0.29, 0.717) is 18.8 Å². The lowest BCUT2D eigenvalue weighted by Gasteiger charge is -2.40. The molecule has 0 radical (unpaired) electrons. The first-order valence-electron chi connectivity index (χ1n) is 4.58. The van der Waals surface area contributed by atoms with E-state index in [2.05, 4.69) is 0 Å². The summed E-state index contributed by atoms with van der Waals surface area (Å²) in [4.78, 5) is 0. The molecule has 15 heavy (non-hydrogen) atoms. The number of halogens is 2. The molecule has 1 fully saturated rings. The van der Waals surface area contributed by atoms with Crippen LogP contribution in [0.2, 0.25) is 0 Å². The van der Waals surface area contributed by atoms with E-state index < -0.39 is 17.0 Å². The highest BCUT2D eigenvalue weighted by molar-refractivity contribution is 5.30. The van der Waals surface area contributed by atoms with Gasteiger partial charge in [-0.3, -0.25) is 0 Å². The predicted molar refractivity (Wildman–Crippen MR) is 49.1 cm³/mol. The minimum Gasteiger partial charge on any atom is -0.379 e. The maximum absolute atomic E-state index is 13.0. The van der Waals surface area contributed by atoms with Gasteiger partial charge in [-0.05, 0) is 17.7 Å². The number of hydrogen-bond acceptors (Lipinski definition) is 2. The molecule has 1 aliphatic heterocycles. The molecule has 0 aliphatic carbocycles. The molecule has 78 valence electrons. The van der Waals surface area contributed by atoms with Crippen LogP contribution in [0.4, 0.5) is 8.78 Å². The zero-order valence-corrected chi connectivity index (χ0v) is 7.96. The Bertz CT molecular complexity index is 421. The fourth-order valence-electron chi connectivity index (χ4n) is 1.70. The van der Waals surface area contributed by atoms with Crippen LogP contribution in [0.1, 0.15) is 12.0 Å². The average Bonchev–Trinajstić information content (AvgIpc) is 2.16. The van der Waals surface area contributed by atoms with E-state index in [4.69, 9.17) is 10.00 Å². The van der Waals surface area contributed by atoms with Crippen LogP contribution >= 0.6 is 0 Å². The number of hydrogen-bond donors (Lipinski definition) is 0. The van der Waals surface area contributed by atoms with Gasteiger partial charge < -0.3 is 4.74 Å². The molecule has 1 aromatic rings. The number of nitrogens with zero attached hydrogens (tertiary/aromatic N) is 1. The summed E-state index contributed by atoms with van der Waals surface area (Å²) in [5.41, 5.74) is 0.192. The Kier molecular flexibility index (Phi) is 2.41. The Balaban J connectivity index is 2.36. The normalized spacial score (nSPS) is 17.9. The van der Waals surface area contributed by atoms with Gasteiger partial charge in [0.25, 0.3) is 0 Å². The topological polar surface area (TPSA) is 33.0 Å². The highest BCUT2D eigenvalue weighted by Gasteiger charge is 2.40. The van der Waals surface area contributed by atoms with Crippen molar-refractivity contribution in [2.45, 2.75) is 11.8 Å². The van der Waals surface area contributed by atoms with Crippen molar-refractivity contribution in [2.75, 3.05) is 13.2 Å². The van der Waals surface area contributed by atoms with Gasteiger partial charge in [0.05, 0.1) is 24.7 Å². The fraction of sp³-hybridized carbons (Fsp3) is 0.364. The van der Waals surface area contributed by atoms with E-state index in [9.17, 15) is 8.78 Å². The Morgan fingerprint density at radius 2 is 2.07 bits per heavy atom. The van der Waals surface area contributed by atoms with Crippen molar-refractivity contribution < 1.29 is 13.5 Å². The van der Waals surface area contributed by atoms with Gasteiger partial charge in [-0.1, -0.05) is 6.07 Å². The summed E-state index contributed by atoms with van der Waals surface area (Å²) in [5.74, 6) is -1.75. The summed E-state index contributed by atoms with van der Waals surface area (Å²) in [7, 11) is 0. The molecule has 0 aromatic heterocycles. The summed E-state index contributed by atoms with van der Waals surface area (Å²) in [6.07, 6.45) is 0.262. The fourth-order valence-corrected chi connectivity index (χ4v) is 1.70. The second-order valence-corrected chi connectivity index (χ2v) is 3.74. The molecule has 4 heteroatoms. The molecule has 0 N–H and O–H groups in total. The first kappa shape index (κ1) is 10.1. The molecule has 0 unspecified atom stereocenters. The van der Waals surface area contributed by atoms with Crippen LogP contribution in [0.15, 0.2) is 18.2 Å². The summed E-state index contributed by atoms with van der Waals surface area (Å²) in [6, 6.07) is 5.79. The van der Waals surface area contributed by atoms with Crippen molar-refractivity contribution in [2.24, 2.45) is 0 Å². The van der Waals surface area contributed by atoms with Crippen molar-refractivity contribution in [1.82, 2.24) is 0 Å². The minimum atomic E-state index is -0.878. The van der Waals surface area contributed by atoms with Crippen LogP contribution in [0.25, 0.3) is 0 Å². The molecule has 2 nitrogen and oxygen atoms in total. The third kappa shape index (κ3) is 1.59. The molecule has 1 saturated heterocycles. The minimum absolute atomic E-state index is 0.262. The number of nitriles is 1. The molecule has 0 atom stereocenters. The molecule has 0 spiro atoms. The summed E-state index contributed by atoms with van der Waals surface area (Å²) < 4.78 is 30.8. The molecule has 1 aliphatic rings. The van der Waals surface area contributed by atoms with Crippen molar-refractivity contribution >= 4 is 0 Å². The summed E-state index contributed by atoms with van der Waals surface area (Å²) in [6.45, 7) is 0.789. The van der Waals surface area contributed by atoms with E-state index in [1.807, 2.05) is 6.07 Å². The molecule has 0 bridgehead atoms. The van der Waals surface area contributed by atoms with E-state index >= 15 is 0 Å². The summed E-state index contributed by atoms with van der Waals surface area (Å²) >= 11 is 0. The zero-order chi connectivity index (χ0) is 10.9. The first-order valence-corrected chi connectivity index (χ1v) is 4.58. The van der Waals surface area contributed by atoms with E-state index in [1.54, 1.807) is 0 Å². The SMILES string of the molecule is N#CCC1(c2ccc(F)c(F)c2)COC1. The maximum atomic E-state index is 13.0. The quantitative estimate of drug-likeness (QED) is 0.747. The largest absolute Gasteiger partial charge is 0.379 e. The van der Waals surface area contributed by atoms with Gasteiger partial charge in [0, 0.05) is 6.42 Å².